The van der Waals surface area contributed by atoms with Crippen molar-refractivity contribution in [1.29, 1.82) is 0 Å². The van der Waals surface area contributed by atoms with Crippen molar-refractivity contribution in [3.8, 4) is 0 Å². The summed E-state index contributed by atoms with van der Waals surface area (Å²) in [5.74, 6) is 0.343. The molecule has 9 heteroatoms. The smallest absolute Gasteiger partial charge is 0.262 e. The largest absolute Gasteiger partial charge is 0.440 e. The highest BCUT2D eigenvalue weighted by atomic mass is 35.5. The number of piperidine rings is 1. The lowest BCUT2D eigenvalue weighted by atomic mass is 10.0. The number of hydrogen-bond acceptors (Lipinski definition) is 5. The number of hydrazone groups is 1. The normalized spacial score (nSPS) is 15.3. The van der Waals surface area contributed by atoms with Crippen molar-refractivity contribution in [3.63, 3.8) is 0 Å². The molecule has 1 atom stereocenters. The fraction of sp³-hybridized carbons (Fsp3) is 0.409. The van der Waals surface area contributed by atoms with Crippen molar-refractivity contribution in [2.24, 2.45) is 11.0 Å². The third-order valence-corrected chi connectivity index (χ3v) is 5.80. The standard InChI is InChI=1S/C22H26Cl2N4O3/c1-14(2)20(26-21(29)15-6-8-17(23)18(24)12-15)22(30)27-25-13-16-7-9-19(31-16)28-10-4-3-5-11-28/h6-9,12-14,20H,3-5,10-11H2,1-2H3,(H,26,29)(H,27,30). The summed E-state index contributed by atoms with van der Waals surface area (Å²) in [5, 5.41) is 7.32. The summed E-state index contributed by atoms with van der Waals surface area (Å²) < 4.78 is 5.79. The van der Waals surface area contributed by atoms with E-state index >= 15 is 0 Å². The minimum Gasteiger partial charge on any atom is -0.440 e. The quantitative estimate of drug-likeness (QED) is 0.466. The van der Waals surface area contributed by atoms with E-state index in [4.69, 9.17) is 27.6 Å². The van der Waals surface area contributed by atoms with Gasteiger partial charge in [0.1, 0.15) is 11.8 Å². The van der Waals surface area contributed by atoms with Crippen LogP contribution >= 0.6 is 23.2 Å². The summed E-state index contributed by atoms with van der Waals surface area (Å²) in [6, 6.07) is 7.49. The molecule has 2 heterocycles. The van der Waals surface area contributed by atoms with Crippen molar-refractivity contribution in [3.05, 3.63) is 51.7 Å². The second-order valence-corrected chi connectivity index (χ2v) is 8.60. The molecule has 0 bridgehead atoms. The molecule has 2 aromatic rings. The molecule has 1 fully saturated rings. The number of benzene rings is 1. The van der Waals surface area contributed by atoms with E-state index in [2.05, 4.69) is 20.7 Å². The van der Waals surface area contributed by atoms with E-state index in [1.54, 1.807) is 6.07 Å². The maximum absolute atomic E-state index is 12.6. The first kappa shape index (κ1) is 23.2. The fourth-order valence-corrected chi connectivity index (χ4v) is 3.62. The van der Waals surface area contributed by atoms with Crippen LogP contribution in [0.15, 0.2) is 39.9 Å². The van der Waals surface area contributed by atoms with Crippen molar-refractivity contribution in [1.82, 2.24) is 10.7 Å². The Morgan fingerprint density at radius 3 is 2.52 bits per heavy atom. The van der Waals surface area contributed by atoms with Crippen LogP contribution in [0, 0.1) is 5.92 Å². The molecule has 0 aliphatic carbocycles. The lowest BCUT2D eigenvalue weighted by molar-refractivity contribution is -0.123. The molecule has 1 aromatic heterocycles. The van der Waals surface area contributed by atoms with Gasteiger partial charge in [-0.1, -0.05) is 37.0 Å². The van der Waals surface area contributed by atoms with E-state index in [1.807, 2.05) is 26.0 Å². The molecule has 1 unspecified atom stereocenters. The molecule has 0 radical (unpaired) electrons. The second kappa shape index (κ2) is 10.7. The summed E-state index contributed by atoms with van der Waals surface area (Å²) in [4.78, 5) is 27.3. The van der Waals surface area contributed by atoms with Gasteiger partial charge in [0.2, 0.25) is 0 Å². The zero-order valence-corrected chi connectivity index (χ0v) is 19.0. The molecular formula is C22H26Cl2N4O3. The van der Waals surface area contributed by atoms with Crippen molar-refractivity contribution in [2.75, 3.05) is 18.0 Å². The molecule has 0 saturated carbocycles. The summed E-state index contributed by atoms with van der Waals surface area (Å²) in [6.07, 6.45) is 5.01. The topological polar surface area (TPSA) is 86.9 Å². The van der Waals surface area contributed by atoms with Crippen molar-refractivity contribution in [2.45, 2.75) is 39.2 Å². The Morgan fingerprint density at radius 1 is 1.10 bits per heavy atom. The van der Waals surface area contributed by atoms with Gasteiger partial charge in [0.25, 0.3) is 11.8 Å². The number of amides is 2. The van der Waals surface area contributed by atoms with Crippen LogP contribution < -0.4 is 15.6 Å². The average Bonchev–Trinajstić information content (AvgIpc) is 3.23. The van der Waals surface area contributed by atoms with Crippen LogP contribution in [0.2, 0.25) is 10.0 Å². The van der Waals surface area contributed by atoms with Crippen LogP contribution in [0.25, 0.3) is 0 Å². The Labute approximate surface area is 191 Å². The number of hydrogen-bond donors (Lipinski definition) is 2. The van der Waals surface area contributed by atoms with Crippen molar-refractivity contribution < 1.29 is 14.0 Å². The molecule has 1 aliphatic heterocycles. The molecule has 1 aromatic carbocycles. The lowest BCUT2D eigenvalue weighted by Gasteiger charge is -2.25. The van der Waals surface area contributed by atoms with Crippen molar-refractivity contribution >= 4 is 47.1 Å². The van der Waals surface area contributed by atoms with E-state index in [-0.39, 0.29) is 10.9 Å². The predicted octanol–water partition coefficient (Wildman–Crippen LogP) is 4.48. The van der Waals surface area contributed by atoms with Gasteiger partial charge >= 0.3 is 0 Å². The van der Waals surface area contributed by atoms with Gasteiger partial charge in [-0.3, -0.25) is 9.59 Å². The molecule has 31 heavy (non-hydrogen) atoms. The molecule has 0 spiro atoms. The number of halogens is 2. The van der Waals surface area contributed by atoms with Crippen LogP contribution in [0.4, 0.5) is 5.88 Å². The van der Waals surface area contributed by atoms with Gasteiger partial charge in [0, 0.05) is 24.7 Å². The molecule has 1 aliphatic rings. The third-order valence-electron chi connectivity index (χ3n) is 5.06. The Balaban J connectivity index is 1.58. The van der Waals surface area contributed by atoms with Gasteiger partial charge in [0.15, 0.2) is 5.88 Å². The van der Waals surface area contributed by atoms with Gasteiger partial charge < -0.3 is 14.6 Å². The van der Waals surface area contributed by atoms with Gasteiger partial charge in [-0.15, -0.1) is 0 Å². The zero-order valence-electron chi connectivity index (χ0n) is 17.5. The highest BCUT2D eigenvalue weighted by Gasteiger charge is 2.25. The van der Waals surface area contributed by atoms with Crippen LogP contribution in [0.5, 0.6) is 0 Å². The number of nitrogens with one attached hydrogen (secondary N) is 2. The fourth-order valence-electron chi connectivity index (χ4n) is 3.32. The maximum atomic E-state index is 12.6. The van der Waals surface area contributed by atoms with E-state index in [9.17, 15) is 9.59 Å². The van der Waals surface area contributed by atoms with Crippen LogP contribution in [-0.4, -0.2) is 37.2 Å². The molecule has 2 amide bonds. The molecule has 1 saturated heterocycles. The number of anilines is 1. The first-order valence-electron chi connectivity index (χ1n) is 10.3. The highest BCUT2D eigenvalue weighted by molar-refractivity contribution is 6.42. The van der Waals surface area contributed by atoms with Crippen LogP contribution in [0.3, 0.4) is 0 Å². The molecular weight excluding hydrogens is 439 g/mol. The van der Waals surface area contributed by atoms with Gasteiger partial charge in [-0.25, -0.2) is 5.43 Å². The van der Waals surface area contributed by atoms with Gasteiger partial charge in [-0.2, -0.15) is 5.10 Å². The molecule has 2 N–H and O–H groups in total. The summed E-state index contributed by atoms with van der Waals surface area (Å²) in [6.45, 7) is 5.63. The Hall–Kier alpha value is -2.51. The Morgan fingerprint density at radius 2 is 1.84 bits per heavy atom. The minimum absolute atomic E-state index is 0.156. The third kappa shape index (κ3) is 6.24. The van der Waals surface area contributed by atoms with E-state index in [1.165, 1.54) is 24.8 Å². The molecule has 166 valence electrons. The van der Waals surface area contributed by atoms with E-state index in [0.717, 1.165) is 31.8 Å². The Bertz CT molecular complexity index is 952. The summed E-state index contributed by atoms with van der Waals surface area (Å²) >= 11 is 11.9. The van der Waals surface area contributed by atoms with Gasteiger partial charge in [-0.05, 0) is 49.4 Å². The Kier molecular flexibility index (Phi) is 7.98. The number of carbonyl (C=O) groups excluding carboxylic acids is 2. The number of nitrogens with zero attached hydrogens (tertiary/aromatic N) is 2. The first-order chi connectivity index (χ1) is 14.8. The monoisotopic (exact) mass is 464 g/mol. The summed E-state index contributed by atoms with van der Waals surface area (Å²) in [5.41, 5.74) is 2.79. The second-order valence-electron chi connectivity index (χ2n) is 7.78. The summed E-state index contributed by atoms with van der Waals surface area (Å²) in [7, 11) is 0. The number of rotatable bonds is 7. The SMILES string of the molecule is CC(C)C(NC(=O)c1ccc(Cl)c(Cl)c1)C(=O)NN=Cc1ccc(N2CCCCC2)o1. The van der Waals surface area contributed by atoms with E-state index in [0.29, 0.717) is 16.3 Å². The van der Waals surface area contributed by atoms with Crippen LogP contribution in [0.1, 0.15) is 49.2 Å². The molecule has 3 rings (SSSR count). The average molecular weight is 465 g/mol. The van der Waals surface area contributed by atoms with E-state index < -0.39 is 17.9 Å². The zero-order chi connectivity index (χ0) is 22.4. The molecule has 7 nitrogen and oxygen atoms in total. The maximum Gasteiger partial charge on any atom is 0.262 e. The number of furan rings is 1. The van der Waals surface area contributed by atoms with Crippen LogP contribution in [-0.2, 0) is 4.79 Å². The predicted molar refractivity (Wildman–Crippen MR) is 123 cm³/mol. The minimum atomic E-state index is -0.778. The number of carbonyl (C=O) groups is 2. The van der Waals surface area contributed by atoms with Gasteiger partial charge in [0.05, 0.1) is 16.3 Å². The lowest BCUT2D eigenvalue weighted by Crippen LogP contribution is -2.48. The first-order valence-corrected chi connectivity index (χ1v) is 11.0. The highest BCUT2D eigenvalue weighted by Crippen LogP contribution is 2.23.